The van der Waals surface area contributed by atoms with Crippen LogP contribution < -0.4 is 0 Å². The van der Waals surface area contributed by atoms with E-state index in [1.165, 1.54) is 6.07 Å². The maximum atomic E-state index is 13.7. The van der Waals surface area contributed by atoms with Crippen LogP contribution in [0.1, 0.15) is 45.6 Å². The molecule has 1 aliphatic heterocycles. The van der Waals surface area contributed by atoms with Gasteiger partial charge in [-0.2, -0.15) is 0 Å². The fourth-order valence-electron chi connectivity index (χ4n) is 3.31. The number of nitrogens with zero attached hydrogens (tertiary/aromatic N) is 1. The number of hydrogen-bond donors (Lipinski definition) is 0. The summed E-state index contributed by atoms with van der Waals surface area (Å²) < 4.78 is 13.7. The lowest BCUT2D eigenvalue weighted by atomic mass is 9.84. The zero-order valence-electron chi connectivity index (χ0n) is 14.2. The maximum Gasteiger partial charge on any atom is 0.185 e. The third-order valence-electron chi connectivity index (χ3n) is 4.96. The molecular formula is C20H20FNO2. The number of fused-ring (bicyclic) bond motifs is 1. The van der Waals surface area contributed by atoms with Crippen LogP contribution >= 0.6 is 0 Å². The molecule has 0 fully saturated rings. The van der Waals surface area contributed by atoms with Crippen molar-refractivity contribution in [1.29, 1.82) is 0 Å². The first-order valence-corrected chi connectivity index (χ1v) is 8.20. The van der Waals surface area contributed by atoms with Crippen LogP contribution in [0.5, 0.6) is 0 Å². The van der Waals surface area contributed by atoms with Gasteiger partial charge in [-0.05, 0) is 52.2 Å². The minimum Gasteiger partial charge on any atom is -0.289 e. The lowest BCUT2D eigenvalue weighted by molar-refractivity contribution is -0.116. The fourth-order valence-corrected chi connectivity index (χ4v) is 3.31. The van der Waals surface area contributed by atoms with E-state index in [1.807, 2.05) is 6.07 Å². The van der Waals surface area contributed by atoms with E-state index >= 15 is 0 Å². The lowest BCUT2D eigenvalue weighted by Gasteiger charge is -2.18. The van der Waals surface area contributed by atoms with Crippen LogP contribution in [0.2, 0.25) is 0 Å². The van der Waals surface area contributed by atoms with Gasteiger partial charge >= 0.3 is 0 Å². The summed E-state index contributed by atoms with van der Waals surface area (Å²) in [5.41, 5.74) is 4.57. The standard InChI is InChI=1S/C20H20FNO2/c1-11-12(2)20(24)15(13(3)19(11)23)7-4-6-14-10-16-17(21)8-5-9-18(16)22-14/h5,8-9H,4,6-7,10H2,1-3H3. The van der Waals surface area contributed by atoms with Gasteiger partial charge in [-0.15, -0.1) is 0 Å². The second-order valence-electron chi connectivity index (χ2n) is 6.46. The Labute approximate surface area is 141 Å². The number of rotatable bonds is 4. The molecule has 0 saturated heterocycles. The highest BCUT2D eigenvalue weighted by Crippen LogP contribution is 2.31. The predicted octanol–water partition coefficient (Wildman–Crippen LogP) is 4.43. The van der Waals surface area contributed by atoms with Crippen molar-refractivity contribution in [3.05, 3.63) is 51.9 Å². The lowest BCUT2D eigenvalue weighted by Crippen LogP contribution is -2.20. The molecule has 0 saturated carbocycles. The molecule has 0 atom stereocenters. The summed E-state index contributed by atoms with van der Waals surface area (Å²) in [6, 6.07) is 4.94. The molecule has 0 N–H and O–H groups in total. The fraction of sp³-hybridized carbons (Fsp3) is 0.350. The first kappa shape index (κ1) is 16.5. The molecule has 1 heterocycles. The van der Waals surface area contributed by atoms with Crippen LogP contribution in [0.15, 0.2) is 45.5 Å². The van der Waals surface area contributed by atoms with E-state index in [2.05, 4.69) is 4.99 Å². The van der Waals surface area contributed by atoms with Crippen LogP contribution in [0.3, 0.4) is 0 Å². The van der Waals surface area contributed by atoms with Gasteiger partial charge in [-0.25, -0.2) is 4.39 Å². The second kappa shape index (κ2) is 6.27. The first-order valence-electron chi connectivity index (χ1n) is 8.20. The highest BCUT2D eigenvalue weighted by atomic mass is 19.1. The highest BCUT2D eigenvalue weighted by molar-refractivity contribution is 6.24. The summed E-state index contributed by atoms with van der Waals surface area (Å²) in [7, 11) is 0. The topological polar surface area (TPSA) is 46.5 Å². The summed E-state index contributed by atoms with van der Waals surface area (Å²) >= 11 is 0. The number of allylic oxidation sites excluding steroid dienone is 4. The molecule has 0 spiro atoms. The molecule has 1 aromatic carbocycles. The van der Waals surface area contributed by atoms with E-state index in [1.54, 1.807) is 26.8 Å². The van der Waals surface area contributed by atoms with Crippen molar-refractivity contribution in [2.45, 2.75) is 46.5 Å². The van der Waals surface area contributed by atoms with Crippen LogP contribution in [0.4, 0.5) is 10.1 Å². The van der Waals surface area contributed by atoms with Crippen molar-refractivity contribution in [3.8, 4) is 0 Å². The van der Waals surface area contributed by atoms with Crippen molar-refractivity contribution in [2.75, 3.05) is 0 Å². The second-order valence-corrected chi connectivity index (χ2v) is 6.46. The average Bonchev–Trinajstić information content (AvgIpc) is 2.99. The smallest absolute Gasteiger partial charge is 0.185 e. The van der Waals surface area contributed by atoms with Gasteiger partial charge in [0.05, 0.1) is 5.69 Å². The number of benzene rings is 1. The molecule has 124 valence electrons. The van der Waals surface area contributed by atoms with Crippen molar-refractivity contribution in [1.82, 2.24) is 0 Å². The number of carbonyl (C=O) groups excluding carboxylic acids is 2. The molecule has 0 aromatic heterocycles. The quantitative estimate of drug-likeness (QED) is 0.769. The van der Waals surface area contributed by atoms with E-state index in [-0.39, 0.29) is 17.4 Å². The number of ketones is 2. The molecule has 4 heteroatoms. The van der Waals surface area contributed by atoms with E-state index in [4.69, 9.17) is 0 Å². The molecule has 3 nitrogen and oxygen atoms in total. The summed E-state index contributed by atoms with van der Waals surface area (Å²) in [6.45, 7) is 5.14. The summed E-state index contributed by atoms with van der Waals surface area (Å²) in [5, 5.41) is 0. The van der Waals surface area contributed by atoms with Gasteiger partial charge in [0.25, 0.3) is 0 Å². The van der Waals surface area contributed by atoms with Crippen LogP contribution in [0.25, 0.3) is 0 Å². The Kier molecular flexibility index (Phi) is 4.31. The van der Waals surface area contributed by atoms with Gasteiger partial charge in [0.2, 0.25) is 0 Å². The van der Waals surface area contributed by atoms with Gasteiger partial charge in [0, 0.05) is 40.0 Å². The normalized spacial score (nSPS) is 17.6. The summed E-state index contributed by atoms with van der Waals surface area (Å²) in [5.74, 6) is -0.267. The van der Waals surface area contributed by atoms with Gasteiger partial charge in [0.15, 0.2) is 11.6 Å². The van der Waals surface area contributed by atoms with Crippen molar-refractivity contribution in [3.63, 3.8) is 0 Å². The van der Waals surface area contributed by atoms with E-state index in [9.17, 15) is 14.0 Å². The van der Waals surface area contributed by atoms with Gasteiger partial charge < -0.3 is 0 Å². The van der Waals surface area contributed by atoms with Crippen LogP contribution in [-0.2, 0) is 16.0 Å². The number of Topliss-reactive ketones (excluding diaryl/α,β-unsaturated/α-hetero) is 2. The summed E-state index contributed by atoms with van der Waals surface area (Å²) in [4.78, 5) is 29.0. The molecular weight excluding hydrogens is 305 g/mol. The molecule has 0 bridgehead atoms. The Hall–Kier alpha value is -2.36. The Morgan fingerprint density at radius 1 is 1.00 bits per heavy atom. The van der Waals surface area contributed by atoms with E-state index in [0.29, 0.717) is 52.8 Å². The molecule has 1 aliphatic carbocycles. The molecule has 0 amide bonds. The molecule has 0 radical (unpaired) electrons. The number of halogens is 1. The Morgan fingerprint density at radius 2 is 1.71 bits per heavy atom. The Balaban J connectivity index is 1.65. The molecule has 2 aliphatic rings. The number of aliphatic imine (C=N–C) groups is 1. The molecule has 24 heavy (non-hydrogen) atoms. The zero-order chi connectivity index (χ0) is 17.4. The van der Waals surface area contributed by atoms with Gasteiger partial charge in [0.1, 0.15) is 5.82 Å². The van der Waals surface area contributed by atoms with Crippen molar-refractivity contribution < 1.29 is 14.0 Å². The van der Waals surface area contributed by atoms with E-state index in [0.717, 1.165) is 12.1 Å². The monoisotopic (exact) mass is 325 g/mol. The molecule has 0 unspecified atom stereocenters. The van der Waals surface area contributed by atoms with E-state index < -0.39 is 0 Å². The third-order valence-corrected chi connectivity index (χ3v) is 4.96. The predicted molar refractivity (Wildman–Crippen MR) is 92.1 cm³/mol. The van der Waals surface area contributed by atoms with Crippen molar-refractivity contribution in [2.24, 2.45) is 4.99 Å². The Morgan fingerprint density at radius 3 is 2.42 bits per heavy atom. The zero-order valence-corrected chi connectivity index (χ0v) is 14.2. The number of hydrogen-bond acceptors (Lipinski definition) is 3. The average molecular weight is 325 g/mol. The number of carbonyl (C=O) groups is 2. The minimum atomic E-state index is -0.214. The molecule has 1 aromatic rings. The molecule has 3 rings (SSSR count). The third kappa shape index (κ3) is 2.77. The van der Waals surface area contributed by atoms with Gasteiger partial charge in [-0.1, -0.05) is 6.07 Å². The minimum absolute atomic E-state index is 0.0210. The van der Waals surface area contributed by atoms with Crippen LogP contribution in [-0.4, -0.2) is 17.3 Å². The Bertz CT molecular complexity index is 843. The maximum absolute atomic E-state index is 13.7. The first-order chi connectivity index (χ1) is 11.4. The van der Waals surface area contributed by atoms with Crippen LogP contribution in [0, 0.1) is 5.82 Å². The highest BCUT2D eigenvalue weighted by Gasteiger charge is 2.27. The SMILES string of the molecule is CC1=C(C)C(=O)C(CCCC2=Nc3cccc(F)c3C2)=C(C)C1=O. The summed E-state index contributed by atoms with van der Waals surface area (Å²) in [6.07, 6.45) is 2.52. The largest absolute Gasteiger partial charge is 0.289 e. The van der Waals surface area contributed by atoms with Crippen molar-refractivity contribution >= 4 is 23.0 Å². The van der Waals surface area contributed by atoms with Gasteiger partial charge in [-0.3, -0.25) is 14.6 Å².